The lowest BCUT2D eigenvalue weighted by atomic mass is 10.0. The van der Waals surface area contributed by atoms with Gasteiger partial charge in [0.05, 0.1) is 30.3 Å². The Hall–Kier alpha value is -3.64. The number of halogens is 1. The smallest absolute Gasteiger partial charge is 0.408 e. The van der Waals surface area contributed by atoms with Crippen LogP contribution in [-0.4, -0.2) is 68.4 Å². The maximum absolute atomic E-state index is 13.8. The van der Waals surface area contributed by atoms with Gasteiger partial charge in [-0.3, -0.25) is 4.79 Å². The van der Waals surface area contributed by atoms with Gasteiger partial charge in [0.25, 0.3) is 0 Å². The van der Waals surface area contributed by atoms with Crippen molar-refractivity contribution < 1.29 is 32.6 Å². The lowest BCUT2D eigenvalue weighted by Crippen LogP contribution is -2.57. The van der Waals surface area contributed by atoms with E-state index in [0.717, 1.165) is 22.4 Å². The molecule has 0 saturated carbocycles. The van der Waals surface area contributed by atoms with Gasteiger partial charge in [0.1, 0.15) is 18.4 Å². The van der Waals surface area contributed by atoms with Crippen LogP contribution in [0.4, 0.5) is 4.79 Å². The van der Waals surface area contributed by atoms with Gasteiger partial charge in [-0.05, 0) is 48.1 Å². The fraction of sp³-hybridized carbons (Fsp3) is 0.444. The van der Waals surface area contributed by atoms with Gasteiger partial charge < -0.3 is 30.5 Å². The first kappa shape index (κ1) is 40.5. The number of nitrogens with one attached hydrogen (secondary N) is 3. The summed E-state index contributed by atoms with van der Waals surface area (Å²) in [4.78, 5) is 26.7. The summed E-state index contributed by atoms with van der Waals surface area (Å²) in [5, 5.41) is 19.2. The minimum atomic E-state index is -3.79. The van der Waals surface area contributed by atoms with Crippen LogP contribution in [0.1, 0.15) is 56.2 Å². The van der Waals surface area contributed by atoms with Crippen LogP contribution in [0, 0.1) is 0 Å². The summed E-state index contributed by atoms with van der Waals surface area (Å²) in [5.74, 6) is -0.591. The van der Waals surface area contributed by atoms with Crippen molar-refractivity contribution in [2.24, 2.45) is 0 Å². The van der Waals surface area contributed by atoms with Gasteiger partial charge in [0, 0.05) is 13.1 Å². The molecule has 3 aromatic carbocycles. The first-order valence-corrected chi connectivity index (χ1v) is 17.9. The Bertz CT molecular complexity index is 1470. The monoisotopic (exact) mass is 703 g/mol. The molecule has 0 bridgehead atoms. The van der Waals surface area contributed by atoms with E-state index < -0.39 is 51.0 Å². The number of aliphatic hydroxyl groups is 1. The van der Waals surface area contributed by atoms with E-state index in [0.29, 0.717) is 32.2 Å². The molecule has 0 aliphatic carbocycles. The highest BCUT2D eigenvalue weighted by Crippen LogP contribution is 2.18. The summed E-state index contributed by atoms with van der Waals surface area (Å²) in [7, 11) is -2.19. The molecule has 10 nitrogen and oxygen atoms in total. The molecule has 2 amide bonds. The van der Waals surface area contributed by atoms with Gasteiger partial charge in [-0.1, -0.05) is 99.5 Å². The summed E-state index contributed by atoms with van der Waals surface area (Å²) in [6, 6.07) is 23.7. The van der Waals surface area contributed by atoms with Crippen molar-refractivity contribution in [1.82, 2.24) is 16.0 Å². The van der Waals surface area contributed by atoms with Gasteiger partial charge in [-0.2, -0.15) is 0 Å². The lowest BCUT2D eigenvalue weighted by Gasteiger charge is -2.28. The molecule has 0 aliphatic heterocycles. The van der Waals surface area contributed by atoms with Crippen LogP contribution >= 0.6 is 12.4 Å². The lowest BCUT2D eigenvalue weighted by molar-refractivity contribution is -0.124. The summed E-state index contributed by atoms with van der Waals surface area (Å²) >= 11 is 0. The van der Waals surface area contributed by atoms with E-state index in [1.165, 1.54) is 0 Å². The third-order valence-corrected chi connectivity index (χ3v) is 10.1. The minimum absolute atomic E-state index is 0. The molecule has 3 rings (SSSR count). The second-order valence-corrected chi connectivity index (χ2v) is 14.0. The van der Waals surface area contributed by atoms with Crippen LogP contribution in [0.5, 0.6) is 5.75 Å². The maximum atomic E-state index is 13.8. The Balaban J connectivity index is 0.00000800. The molecule has 4 N–H and O–H groups in total. The van der Waals surface area contributed by atoms with Crippen molar-refractivity contribution in [1.29, 1.82) is 0 Å². The van der Waals surface area contributed by atoms with Crippen molar-refractivity contribution in [3.05, 3.63) is 102 Å². The van der Waals surface area contributed by atoms with Crippen molar-refractivity contribution in [2.45, 2.75) is 82.5 Å². The van der Waals surface area contributed by atoms with E-state index in [1.807, 2.05) is 86.6 Å². The molecular formula is C36H50ClN3O7S. The SMILES string of the molecule is CCCC(CCC)S(=O)(=O)C[C@H](NC(=O)OCc1ccccc1)C(=O)N[C@@H](Cc1ccccc1)[C@H](O)CNCc1cccc(OC)c1.Cl. The molecule has 0 radical (unpaired) electrons. The summed E-state index contributed by atoms with van der Waals surface area (Å²) in [6.45, 7) is 4.38. The van der Waals surface area contributed by atoms with Gasteiger partial charge in [0.15, 0.2) is 9.84 Å². The Morgan fingerprint density at radius 2 is 1.44 bits per heavy atom. The highest BCUT2D eigenvalue weighted by molar-refractivity contribution is 7.92. The normalized spacial score (nSPS) is 13.1. The van der Waals surface area contributed by atoms with Crippen molar-refractivity contribution >= 4 is 34.2 Å². The first-order valence-electron chi connectivity index (χ1n) is 16.2. The van der Waals surface area contributed by atoms with Crippen LogP contribution in [0.2, 0.25) is 0 Å². The van der Waals surface area contributed by atoms with Crippen LogP contribution in [-0.2, 0) is 38.9 Å². The second-order valence-electron chi connectivity index (χ2n) is 11.6. The van der Waals surface area contributed by atoms with Crippen molar-refractivity contribution in [2.75, 3.05) is 19.4 Å². The minimum Gasteiger partial charge on any atom is -0.497 e. The van der Waals surface area contributed by atoms with Crippen LogP contribution in [0.15, 0.2) is 84.9 Å². The average Bonchev–Trinajstić information content (AvgIpc) is 3.07. The zero-order valence-corrected chi connectivity index (χ0v) is 29.6. The number of aliphatic hydroxyl groups excluding tert-OH is 1. The van der Waals surface area contributed by atoms with Gasteiger partial charge in [0.2, 0.25) is 5.91 Å². The second kappa shape index (κ2) is 21.4. The third kappa shape index (κ3) is 13.8. The number of ether oxygens (including phenoxy) is 2. The fourth-order valence-corrected chi connectivity index (χ4v) is 7.49. The molecule has 48 heavy (non-hydrogen) atoms. The Labute approximate surface area is 291 Å². The Kier molecular flexibility index (Phi) is 18.0. The molecule has 3 aromatic rings. The number of amides is 2. The topological polar surface area (TPSA) is 143 Å². The first-order chi connectivity index (χ1) is 22.6. The fourth-order valence-electron chi connectivity index (χ4n) is 5.33. The molecule has 3 atom stereocenters. The highest BCUT2D eigenvalue weighted by Gasteiger charge is 2.34. The molecule has 0 fully saturated rings. The number of alkyl carbamates (subject to hydrolysis) is 1. The predicted octanol–water partition coefficient (Wildman–Crippen LogP) is 4.97. The number of methoxy groups -OCH3 is 1. The number of carbonyl (C=O) groups is 2. The zero-order valence-electron chi connectivity index (χ0n) is 28.0. The average molecular weight is 704 g/mol. The van der Waals surface area contributed by atoms with Crippen LogP contribution in [0.25, 0.3) is 0 Å². The molecule has 0 spiro atoms. The highest BCUT2D eigenvalue weighted by atomic mass is 35.5. The van der Waals surface area contributed by atoms with Crippen LogP contribution < -0.4 is 20.7 Å². The van der Waals surface area contributed by atoms with Gasteiger partial charge >= 0.3 is 6.09 Å². The molecule has 0 heterocycles. The number of benzene rings is 3. The standard InChI is InChI=1S/C36H49N3O7S.ClH/c1-4-13-31(14-5-2)47(43,44)26-33(39-36(42)46-25-28-17-10-7-11-18-28)35(41)38-32(22-27-15-8-6-9-16-27)34(40)24-37-23-29-19-12-20-30(21-29)45-3;/h6-12,15-21,31-34,37,40H,4-5,13-14,22-26H2,1-3H3,(H,38,41)(H,39,42);1H/t32-,33-,34+;/m0./s1. The molecule has 0 aromatic heterocycles. The number of rotatable bonds is 20. The molecule has 264 valence electrons. The largest absolute Gasteiger partial charge is 0.497 e. The maximum Gasteiger partial charge on any atom is 0.408 e. The summed E-state index contributed by atoms with van der Waals surface area (Å²) < 4.78 is 37.8. The summed E-state index contributed by atoms with van der Waals surface area (Å²) in [5.41, 5.74) is 2.57. The molecule has 0 saturated heterocycles. The number of hydrogen-bond acceptors (Lipinski definition) is 8. The van der Waals surface area contributed by atoms with Gasteiger partial charge in [-0.15, -0.1) is 12.4 Å². The van der Waals surface area contributed by atoms with E-state index in [4.69, 9.17) is 9.47 Å². The zero-order chi connectivity index (χ0) is 34.1. The van der Waals surface area contributed by atoms with E-state index >= 15 is 0 Å². The Morgan fingerprint density at radius 1 is 0.833 bits per heavy atom. The quantitative estimate of drug-likeness (QED) is 0.129. The van der Waals surface area contributed by atoms with E-state index in [9.17, 15) is 23.1 Å². The van der Waals surface area contributed by atoms with Crippen molar-refractivity contribution in [3.63, 3.8) is 0 Å². The van der Waals surface area contributed by atoms with E-state index in [-0.39, 0.29) is 32.0 Å². The molecule has 0 aliphatic rings. The number of sulfone groups is 1. The van der Waals surface area contributed by atoms with E-state index in [2.05, 4.69) is 16.0 Å². The van der Waals surface area contributed by atoms with E-state index in [1.54, 1.807) is 19.2 Å². The van der Waals surface area contributed by atoms with Gasteiger partial charge in [-0.25, -0.2) is 13.2 Å². The molecular weight excluding hydrogens is 654 g/mol. The third-order valence-electron chi connectivity index (χ3n) is 7.86. The Morgan fingerprint density at radius 3 is 2.04 bits per heavy atom. The predicted molar refractivity (Wildman–Crippen MR) is 191 cm³/mol. The molecule has 0 unspecified atom stereocenters. The number of carbonyl (C=O) groups excluding carboxylic acids is 2. The molecule has 12 heteroatoms. The number of hydrogen-bond donors (Lipinski definition) is 4. The van der Waals surface area contributed by atoms with Crippen LogP contribution in [0.3, 0.4) is 0 Å². The van der Waals surface area contributed by atoms with Crippen molar-refractivity contribution in [3.8, 4) is 5.75 Å². The summed E-state index contributed by atoms with van der Waals surface area (Å²) in [6.07, 6.45) is 0.574.